The quantitative estimate of drug-likeness (QED) is 0.477. The number of aromatic nitrogens is 4. The van der Waals surface area contributed by atoms with E-state index in [-0.39, 0.29) is 17.5 Å². The zero-order chi connectivity index (χ0) is 21.5. The number of nitrogens with zero attached hydrogens (tertiary/aromatic N) is 5. The lowest BCUT2D eigenvalue weighted by Crippen LogP contribution is -2.38. The predicted octanol–water partition coefficient (Wildman–Crippen LogP) is 3.58. The first-order valence-corrected chi connectivity index (χ1v) is 9.56. The zero-order valence-corrected chi connectivity index (χ0v) is 16.5. The summed E-state index contributed by atoms with van der Waals surface area (Å²) < 4.78 is 45.5. The second kappa shape index (κ2) is 7.58. The third-order valence-electron chi connectivity index (χ3n) is 5.20. The van der Waals surface area contributed by atoms with Crippen LogP contribution in [0.25, 0.3) is 5.65 Å². The number of esters is 1. The topological polar surface area (TPSA) is 72.6 Å². The Kier molecular flexibility index (Phi) is 5.08. The molecule has 3 heterocycles. The second-order valence-corrected chi connectivity index (χ2v) is 7.43. The molecule has 0 unspecified atom stereocenters. The van der Waals surface area contributed by atoms with Crippen molar-refractivity contribution in [1.82, 2.24) is 19.8 Å². The molecule has 158 valence electrons. The van der Waals surface area contributed by atoms with E-state index in [1.807, 2.05) is 30.9 Å². The van der Waals surface area contributed by atoms with Gasteiger partial charge in [-0.1, -0.05) is 17.7 Å². The molecule has 7 nitrogen and oxygen atoms in total. The second-order valence-electron chi connectivity index (χ2n) is 7.43. The maximum atomic E-state index is 13.1. The number of carbonyl (C=O) groups excluding carboxylic acids is 1. The van der Waals surface area contributed by atoms with Crippen LogP contribution in [0, 0.1) is 19.8 Å². The van der Waals surface area contributed by atoms with Gasteiger partial charge < -0.3 is 9.64 Å². The Balaban J connectivity index is 1.43. The van der Waals surface area contributed by atoms with E-state index in [9.17, 15) is 18.0 Å². The van der Waals surface area contributed by atoms with Crippen LogP contribution >= 0.6 is 0 Å². The Morgan fingerprint density at radius 3 is 2.50 bits per heavy atom. The SMILES string of the molecule is Cc1ccc(OC(=O)C2CCN(c3ccc4nnc(C(F)(F)F)n4n3)CC2)c(C)c1. The first-order valence-electron chi connectivity index (χ1n) is 9.56. The molecular formula is C20H20F3N5O2. The molecule has 0 radical (unpaired) electrons. The lowest BCUT2D eigenvalue weighted by Gasteiger charge is -2.31. The average Bonchev–Trinajstić information content (AvgIpc) is 3.14. The molecule has 0 N–H and O–H groups in total. The fourth-order valence-corrected chi connectivity index (χ4v) is 3.57. The van der Waals surface area contributed by atoms with E-state index in [1.165, 1.54) is 6.07 Å². The van der Waals surface area contributed by atoms with Crippen molar-refractivity contribution in [3.63, 3.8) is 0 Å². The van der Waals surface area contributed by atoms with Crippen LogP contribution in [0.5, 0.6) is 5.75 Å². The van der Waals surface area contributed by atoms with E-state index in [4.69, 9.17) is 4.74 Å². The van der Waals surface area contributed by atoms with Gasteiger partial charge in [0.1, 0.15) is 11.6 Å². The summed E-state index contributed by atoms with van der Waals surface area (Å²) in [5, 5.41) is 10.8. The Morgan fingerprint density at radius 2 is 1.83 bits per heavy atom. The van der Waals surface area contributed by atoms with Gasteiger partial charge in [-0.15, -0.1) is 15.3 Å². The number of piperidine rings is 1. The van der Waals surface area contributed by atoms with E-state index in [2.05, 4.69) is 15.3 Å². The van der Waals surface area contributed by atoms with E-state index in [1.54, 1.807) is 12.1 Å². The zero-order valence-electron chi connectivity index (χ0n) is 16.5. The number of alkyl halides is 3. The molecule has 0 atom stereocenters. The van der Waals surface area contributed by atoms with Crippen molar-refractivity contribution in [1.29, 1.82) is 0 Å². The monoisotopic (exact) mass is 419 g/mol. The Morgan fingerprint density at radius 1 is 1.10 bits per heavy atom. The molecule has 0 saturated carbocycles. The number of rotatable bonds is 3. The summed E-state index contributed by atoms with van der Waals surface area (Å²) in [7, 11) is 0. The summed E-state index contributed by atoms with van der Waals surface area (Å²) in [6, 6.07) is 8.69. The maximum absolute atomic E-state index is 13.1. The largest absolute Gasteiger partial charge is 0.453 e. The number of ether oxygens (including phenoxy) is 1. The smallest absolute Gasteiger partial charge is 0.426 e. The van der Waals surface area contributed by atoms with Crippen molar-refractivity contribution in [2.45, 2.75) is 32.9 Å². The molecule has 1 fully saturated rings. The first kappa shape index (κ1) is 20.1. The van der Waals surface area contributed by atoms with Gasteiger partial charge in [-0.2, -0.15) is 17.7 Å². The summed E-state index contributed by atoms with van der Waals surface area (Å²) in [5.74, 6) is -0.790. The number of halogens is 3. The van der Waals surface area contributed by atoms with Crippen molar-refractivity contribution in [3.05, 3.63) is 47.3 Å². The van der Waals surface area contributed by atoms with Crippen molar-refractivity contribution < 1.29 is 22.7 Å². The van der Waals surface area contributed by atoms with Gasteiger partial charge in [-0.05, 0) is 50.5 Å². The number of fused-ring (bicyclic) bond motifs is 1. The summed E-state index contributed by atoms with van der Waals surface area (Å²) >= 11 is 0. The highest BCUT2D eigenvalue weighted by molar-refractivity contribution is 5.76. The minimum Gasteiger partial charge on any atom is -0.426 e. The highest BCUT2D eigenvalue weighted by Gasteiger charge is 2.38. The molecule has 0 bridgehead atoms. The maximum Gasteiger partial charge on any atom is 0.453 e. The molecule has 1 aliphatic heterocycles. The van der Waals surface area contributed by atoms with Crippen LogP contribution in [-0.2, 0) is 11.0 Å². The van der Waals surface area contributed by atoms with Gasteiger partial charge in [0.2, 0.25) is 0 Å². The summed E-state index contributed by atoms with van der Waals surface area (Å²) in [5.41, 5.74) is 2.01. The third-order valence-corrected chi connectivity index (χ3v) is 5.20. The van der Waals surface area contributed by atoms with E-state index in [0.717, 1.165) is 11.1 Å². The van der Waals surface area contributed by atoms with Crippen molar-refractivity contribution in [2.75, 3.05) is 18.0 Å². The molecule has 0 spiro atoms. The Labute approximate surface area is 170 Å². The van der Waals surface area contributed by atoms with Crippen LogP contribution in [0.15, 0.2) is 30.3 Å². The van der Waals surface area contributed by atoms with Gasteiger partial charge in [0.25, 0.3) is 5.82 Å². The third kappa shape index (κ3) is 3.94. The fraction of sp³-hybridized carbons (Fsp3) is 0.400. The van der Waals surface area contributed by atoms with Gasteiger partial charge in [-0.25, -0.2) is 0 Å². The highest BCUT2D eigenvalue weighted by Crippen LogP contribution is 2.29. The standard InChI is InChI=1S/C20H20F3N5O2/c1-12-3-4-15(13(2)11-12)30-18(29)14-7-9-27(10-8-14)17-6-5-16-24-25-19(20(21,22)23)28(16)26-17/h3-6,11,14H,7-10H2,1-2H3. The molecule has 30 heavy (non-hydrogen) atoms. The molecule has 2 aromatic heterocycles. The van der Waals surface area contributed by atoms with Gasteiger partial charge in [-0.3, -0.25) is 4.79 Å². The average molecular weight is 419 g/mol. The lowest BCUT2D eigenvalue weighted by atomic mass is 9.97. The number of carbonyl (C=O) groups is 1. The summed E-state index contributed by atoms with van der Waals surface area (Å²) in [6.45, 7) is 4.82. The summed E-state index contributed by atoms with van der Waals surface area (Å²) in [4.78, 5) is 14.4. The minimum atomic E-state index is -4.64. The first-order chi connectivity index (χ1) is 14.2. The molecule has 1 saturated heterocycles. The molecule has 0 aliphatic carbocycles. The predicted molar refractivity (Wildman–Crippen MR) is 102 cm³/mol. The molecular weight excluding hydrogens is 399 g/mol. The minimum absolute atomic E-state index is 0.0259. The van der Waals surface area contributed by atoms with E-state index >= 15 is 0 Å². The van der Waals surface area contributed by atoms with Gasteiger partial charge in [0, 0.05) is 13.1 Å². The van der Waals surface area contributed by atoms with Crippen molar-refractivity contribution >= 4 is 17.4 Å². The van der Waals surface area contributed by atoms with Crippen molar-refractivity contribution in [2.24, 2.45) is 5.92 Å². The molecule has 0 amide bonds. The normalized spacial score (nSPS) is 15.6. The molecule has 10 heteroatoms. The van der Waals surface area contributed by atoms with Gasteiger partial charge in [0.15, 0.2) is 5.65 Å². The van der Waals surface area contributed by atoms with Gasteiger partial charge in [0.05, 0.1) is 5.92 Å². The molecule has 3 aromatic rings. The number of aryl methyl sites for hydroxylation is 2. The Hall–Kier alpha value is -3.17. The summed E-state index contributed by atoms with van der Waals surface area (Å²) in [6.07, 6.45) is -3.59. The highest BCUT2D eigenvalue weighted by atomic mass is 19.4. The van der Waals surface area contributed by atoms with Crippen LogP contribution in [0.4, 0.5) is 19.0 Å². The molecule has 1 aliphatic rings. The fourth-order valence-electron chi connectivity index (χ4n) is 3.57. The number of hydrogen-bond acceptors (Lipinski definition) is 6. The van der Waals surface area contributed by atoms with E-state index < -0.39 is 12.0 Å². The number of anilines is 1. The molecule has 4 rings (SSSR count). The van der Waals surface area contributed by atoms with E-state index in [0.29, 0.717) is 42.0 Å². The molecule has 1 aromatic carbocycles. The van der Waals surface area contributed by atoms with Crippen molar-refractivity contribution in [3.8, 4) is 5.75 Å². The number of hydrogen-bond donors (Lipinski definition) is 0. The van der Waals surface area contributed by atoms with Gasteiger partial charge >= 0.3 is 12.1 Å². The number of benzene rings is 1. The van der Waals surface area contributed by atoms with Crippen LogP contribution < -0.4 is 9.64 Å². The van der Waals surface area contributed by atoms with Crippen LogP contribution in [0.1, 0.15) is 29.8 Å². The Bertz CT molecular complexity index is 1090. The lowest BCUT2D eigenvalue weighted by molar-refractivity contribution is -0.146. The van der Waals surface area contributed by atoms with Crippen LogP contribution in [-0.4, -0.2) is 38.9 Å². The van der Waals surface area contributed by atoms with Crippen LogP contribution in [0.3, 0.4) is 0 Å². The van der Waals surface area contributed by atoms with Crippen LogP contribution in [0.2, 0.25) is 0 Å².